The average Bonchev–Trinajstić information content (AvgIpc) is 3.36. The molecule has 5 aliphatic rings. The van der Waals surface area contributed by atoms with E-state index in [1.54, 1.807) is 18.7 Å². The number of carbonyl (C=O) groups is 4. The number of nitrogens with one attached hydrogen (secondary N) is 1. The van der Waals surface area contributed by atoms with Crippen molar-refractivity contribution in [2.24, 2.45) is 11.7 Å². The molecular weight excluding hydrogens is 422 g/mol. The molecule has 32 heavy (non-hydrogen) atoms. The Morgan fingerprint density at radius 2 is 2.03 bits per heavy atom. The summed E-state index contributed by atoms with van der Waals surface area (Å²) in [6.07, 6.45) is -1.06. The van der Waals surface area contributed by atoms with Gasteiger partial charge in [-0.15, -0.1) is 0 Å². The molecule has 3 N–H and O–H groups in total. The van der Waals surface area contributed by atoms with Crippen molar-refractivity contribution < 1.29 is 38.1 Å². The van der Waals surface area contributed by atoms with Gasteiger partial charge in [-0.05, 0) is 13.8 Å². The third-order valence-corrected chi connectivity index (χ3v) is 6.80. The molecule has 11 heteroatoms. The second-order valence-corrected chi connectivity index (χ2v) is 8.26. The van der Waals surface area contributed by atoms with E-state index in [0.29, 0.717) is 6.54 Å². The average molecular weight is 445 g/mol. The number of rotatable bonds is 5. The van der Waals surface area contributed by atoms with Gasteiger partial charge in [-0.3, -0.25) is 9.59 Å². The Hall–Kier alpha value is -3.18. The van der Waals surface area contributed by atoms with Crippen molar-refractivity contribution >= 4 is 23.6 Å². The number of fused-ring (bicyclic) bond motifs is 4. The number of hydrogen-bond donors (Lipinski definition) is 2. The molecular formula is C21H23N3O8. The normalized spacial score (nSPS) is 32.3. The van der Waals surface area contributed by atoms with E-state index < -0.39 is 35.3 Å². The van der Waals surface area contributed by atoms with E-state index in [1.165, 1.54) is 7.11 Å². The second kappa shape index (κ2) is 6.91. The Balaban J connectivity index is 1.56. The van der Waals surface area contributed by atoms with Crippen LogP contribution in [0.5, 0.6) is 0 Å². The highest BCUT2D eigenvalue weighted by Crippen LogP contribution is 2.56. The zero-order chi connectivity index (χ0) is 22.9. The second-order valence-electron chi connectivity index (χ2n) is 8.26. The van der Waals surface area contributed by atoms with Gasteiger partial charge in [-0.1, -0.05) is 0 Å². The molecule has 0 spiro atoms. The Morgan fingerprint density at radius 1 is 1.28 bits per heavy atom. The highest BCUT2D eigenvalue weighted by Gasteiger charge is 2.73. The van der Waals surface area contributed by atoms with E-state index in [1.807, 2.05) is 0 Å². The fraction of sp³-hybridized carbons (Fsp3) is 0.524. The molecule has 11 nitrogen and oxygen atoms in total. The largest absolute Gasteiger partial charge is 0.463 e. The summed E-state index contributed by atoms with van der Waals surface area (Å²) in [6, 6.07) is -0.0636. The molecule has 0 bridgehead atoms. The monoisotopic (exact) mass is 445 g/mol. The van der Waals surface area contributed by atoms with E-state index in [4.69, 9.17) is 24.7 Å². The van der Waals surface area contributed by atoms with Crippen molar-refractivity contribution in [2.45, 2.75) is 38.1 Å². The van der Waals surface area contributed by atoms with Crippen molar-refractivity contribution in [3.8, 4) is 0 Å². The van der Waals surface area contributed by atoms with Crippen LogP contribution >= 0.6 is 0 Å². The molecule has 0 saturated carbocycles. The fourth-order valence-electron chi connectivity index (χ4n) is 5.42. The first-order valence-electron chi connectivity index (χ1n) is 10.4. The summed E-state index contributed by atoms with van der Waals surface area (Å²) in [6.45, 7) is 3.62. The standard InChI is InChI=1S/C21H23N3O8/c1-4-30-19(27)9-5-10-15(25)14-13(16(26)17(10)32-8(9)2)11(7-31-20(22)28)21(29-3)18-12(23-18)6-24(14)21/h11-12,18,23H,4-7H2,1-3H3,(H2,22,28)/t11-,12+,18+,21-/m1/s1. The number of ketones is 2. The summed E-state index contributed by atoms with van der Waals surface area (Å²) in [5.41, 5.74) is 4.79. The number of hydrogen-bond acceptors (Lipinski definition) is 10. The molecule has 4 heterocycles. The van der Waals surface area contributed by atoms with Gasteiger partial charge in [0.15, 0.2) is 11.5 Å². The van der Waals surface area contributed by atoms with Crippen molar-refractivity contribution in [1.29, 1.82) is 0 Å². The topological polar surface area (TPSA) is 156 Å². The summed E-state index contributed by atoms with van der Waals surface area (Å²) >= 11 is 0. The van der Waals surface area contributed by atoms with Crippen LogP contribution in [0.4, 0.5) is 4.79 Å². The number of nitrogens with two attached hydrogens (primary N) is 1. The zero-order valence-corrected chi connectivity index (χ0v) is 17.9. The Morgan fingerprint density at radius 3 is 2.69 bits per heavy atom. The van der Waals surface area contributed by atoms with Crippen LogP contribution < -0.4 is 11.1 Å². The number of piperazine rings is 1. The Kier molecular flexibility index (Phi) is 4.47. The maximum Gasteiger partial charge on any atom is 0.404 e. The van der Waals surface area contributed by atoms with Crippen LogP contribution in [0.3, 0.4) is 0 Å². The number of methoxy groups -OCH3 is 1. The van der Waals surface area contributed by atoms with Gasteiger partial charge in [0.1, 0.15) is 12.4 Å². The molecule has 5 rings (SSSR count). The molecule has 4 atom stereocenters. The Labute approximate surface area is 183 Å². The minimum atomic E-state index is -1.07. The van der Waals surface area contributed by atoms with Gasteiger partial charge in [-0.25, -0.2) is 9.59 Å². The van der Waals surface area contributed by atoms with Crippen LogP contribution in [-0.2, 0) is 33.3 Å². The highest BCUT2D eigenvalue weighted by molar-refractivity contribution is 6.26. The first-order valence-corrected chi connectivity index (χ1v) is 10.4. The summed E-state index contributed by atoms with van der Waals surface area (Å²) in [7, 11) is 1.49. The number of carbonyl (C=O) groups excluding carboxylic acids is 4. The van der Waals surface area contributed by atoms with Gasteiger partial charge in [0.2, 0.25) is 11.6 Å². The lowest BCUT2D eigenvalue weighted by Gasteiger charge is -2.39. The summed E-state index contributed by atoms with van der Waals surface area (Å²) in [5, 5.41) is 3.29. The summed E-state index contributed by atoms with van der Waals surface area (Å²) in [5.74, 6) is -2.14. The van der Waals surface area contributed by atoms with Gasteiger partial charge in [0.05, 0.1) is 35.4 Å². The van der Waals surface area contributed by atoms with Gasteiger partial charge in [0, 0.05) is 31.7 Å². The van der Waals surface area contributed by atoms with Crippen LogP contribution in [0.2, 0.25) is 0 Å². The maximum atomic E-state index is 13.7. The number of primary amides is 1. The molecule has 170 valence electrons. The van der Waals surface area contributed by atoms with Gasteiger partial charge in [-0.2, -0.15) is 0 Å². The third kappa shape index (κ3) is 2.54. The smallest absolute Gasteiger partial charge is 0.404 e. The van der Waals surface area contributed by atoms with Crippen LogP contribution in [0.15, 0.2) is 33.9 Å². The van der Waals surface area contributed by atoms with Crippen molar-refractivity contribution in [2.75, 3.05) is 26.9 Å². The first-order chi connectivity index (χ1) is 15.3. The van der Waals surface area contributed by atoms with E-state index in [9.17, 15) is 19.2 Å². The lowest BCUT2D eigenvalue weighted by atomic mass is 9.81. The number of nitrogens with zero attached hydrogens (tertiary/aromatic N) is 1. The van der Waals surface area contributed by atoms with E-state index in [2.05, 4.69) is 5.32 Å². The number of allylic oxidation sites excluding steroid dienone is 3. The van der Waals surface area contributed by atoms with Gasteiger partial charge >= 0.3 is 12.1 Å². The van der Waals surface area contributed by atoms with Crippen molar-refractivity contribution in [3.63, 3.8) is 0 Å². The van der Waals surface area contributed by atoms with Crippen LogP contribution in [0.25, 0.3) is 0 Å². The summed E-state index contributed by atoms with van der Waals surface area (Å²) < 4.78 is 21.8. The highest BCUT2D eigenvalue weighted by atomic mass is 16.6. The molecule has 0 aromatic rings. The fourth-order valence-corrected chi connectivity index (χ4v) is 5.42. The van der Waals surface area contributed by atoms with Crippen LogP contribution in [0, 0.1) is 5.92 Å². The molecule has 0 aromatic carbocycles. The molecule has 4 aliphatic heterocycles. The molecule has 0 aromatic heterocycles. The molecule has 0 radical (unpaired) electrons. The predicted molar refractivity (Wildman–Crippen MR) is 105 cm³/mol. The lowest BCUT2D eigenvalue weighted by molar-refractivity contribution is -0.139. The molecule has 0 unspecified atom stereocenters. The molecule has 2 fully saturated rings. The van der Waals surface area contributed by atoms with E-state index in [0.717, 1.165) is 0 Å². The van der Waals surface area contributed by atoms with E-state index in [-0.39, 0.29) is 65.7 Å². The minimum absolute atomic E-state index is 0.0667. The molecule has 1 amide bonds. The number of amides is 1. The molecule has 1 aliphatic carbocycles. The van der Waals surface area contributed by atoms with Crippen LogP contribution in [0.1, 0.15) is 20.3 Å². The van der Waals surface area contributed by atoms with Crippen LogP contribution in [-0.4, -0.2) is 73.2 Å². The summed E-state index contributed by atoms with van der Waals surface area (Å²) in [4.78, 5) is 52.7. The van der Waals surface area contributed by atoms with Crippen molar-refractivity contribution in [3.05, 3.63) is 33.9 Å². The quantitative estimate of drug-likeness (QED) is 0.325. The Bertz CT molecular complexity index is 1070. The van der Waals surface area contributed by atoms with Gasteiger partial charge < -0.3 is 34.9 Å². The first kappa shape index (κ1) is 20.7. The predicted octanol–water partition coefficient (Wildman–Crippen LogP) is -0.372. The number of Topliss-reactive ketones (excluding diaryl/α,β-unsaturated/α-hetero) is 2. The molecule has 2 saturated heterocycles. The number of esters is 1. The lowest BCUT2D eigenvalue weighted by Crippen LogP contribution is -2.55. The number of ether oxygens (including phenoxy) is 4. The van der Waals surface area contributed by atoms with Crippen molar-refractivity contribution in [1.82, 2.24) is 10.2 Å². The SMILES string of the molecule is CCOC(=O)C1=C(C)OC2=C(C1)C(=O)C1=C(C2=O)[C@@H](COC(N)=O)[C@@]2(OC)[C@H]3N[C@H]3CN12. The minimum Gasteiger partial charge on any atom is -0.463 e. The maximum absolute atomic E-state index is 13.7. The van der Waals surface area contributed by atoms with E-state index >= 15 is 0 Å². The zero-order valence-electron chi connectivity index (χ0n) is 17.9. The van der Waals surface area contributed by atoms with Gasteiger partial charge in [0.25, 0.3) is 0 Å². The third-order valence-electron chi connectivity index (χ3n) is 6.80.